The van der Waals surface area contributed by atoms with Gasteiger partial charge in [-0.25, -0.2) is 8.42 Å². The largest absolute Gasteiger partial charge is 0.330 e. The normalized spacial score (nSPS) is 24.8. The highest BCUT2D eigenvalue weighted by molar-refractivity contribution is 9.10. The number of halogens is 1. The Morgan fingerprint density at radius 1 is 1.47 bits per heavy atom. The fraction of sp³-hybridized carbons (Fsp3) is 0.667. The molecule has 0 aliphatic heterocycles. The van der Waals surface area contributed by atoms with E-state index in [2.05, 4.69) is 15.9 Å². The molecule has 2 unspecified atom stereocenters. The summed E-state index contributed by atoms with van der Waals surface area (Å²) in [5.74, 6) is 0.271. The van der Waals surface area contributed by atoms with E-state index in [0.717, 1.165) is 25.7 Å². The van der Waals surface area contributed by atoms with Crippen LogP contribution in [0.3, 0.4) is 0 Å². The lowest BCUT2D eigenvalue weighted by molar-refractivity contribution is 0.204. The molecule has 1 aliphatic rings. The molecule has 4 nitrogen and oxygen atoms in total. The molecule has 2 atom stereocenters. The summed E-state index contributed by atoms with van der Waals surface area (Å²) in [6, 6.07) is 1.80. The number of sulfonamides is 1. The Hall–Kier alpha value is 0.0500. The molecule has 1 aromatic heterocycles. The van der Waals surface area contributed by atoms with Crippen LogP contribution in [0.15, 0.2) is 20.1 Å². The van der Waals surface area contributed by atoms with E-state index in [-0.39, 0.29) is 12.0 Å². The van der Waals surface area contributed by atoms with E-state index in [4.69, 9.17) is 5.73 Å². The summed E-state index contributed by atoms with van der Waals surface area (Å²) in [6.45, 7) is 0.552. The molecule has 1 heterocycles. The molecule has 0 saturated heterocycles. The van der Waals surface area contributed by atoms with E-state index in [0.29, 0.717) is 15.2 Å². The van der Waals surface area contributed by atoms with Gasteiger partial charge >= 0.3 is 0 Å². The molecule has 1 aromatic rings. The van der Waals surface area contributed by atoms with Crippen molar-refractivity contribution in [3.63, 3.8) is 0 Å². The molecular formula is C12H19BrN2O2S2. The van der Waals surface area contributed by atoms with Gasteiger partial charge in [-0.3, -0.25) is 0 Å². The highest BCUT2D eigenvalue weighted by atomic mass is 79.9. The zero-order valence-corrected chi connectivity index (χ0v) is 14.1. The van der Waals surface area contributed by atoms with Crippen LogP contribution in [0.1, 0.15) is 25.7 Å². The second-order valence-corrected chi connectivity index (χ2v) is 8.89. The van der Waals surface area contributed by atoms with Crippen LogP contribution in [0, 0.1) is 5.92 Å². The van der Waals surface area contributed by atoms with Gasteiger partial charge in [0.25, 0.3) is 10.0 Å². The van der Waals surface area contributed by atoms with Crippen molar-refractivity contribution < 1.29 is 8.42 Å². The van der Waals surface area contributed by atoms with Crippen molar-refractivity contribution in [2.24, 2.45) is 11.7 Å². The van der Waals surface area contributed by atoms with Crippen LogP contribution in [0.5, 0.6) is 0 Å². The SMILES string of the molecule is CN(C1CCCCC1CN)S(=O)(=O)c1sccc1Br. The van der Waals surface area contributed by atoms with Crippen LogP contribution in [0.25, 0.3) is 0 Å². The zero-order valence-electron chi connectivity index (χ0n) is 10.9. The smallest absolute Gasteiger partial charge is 0.253 e. The molecule has 0 aromatic carbocycles. The molecule has 0 amide bonds. The second-order valence-electron chi connectivity index (χ2n) is 4.92. The molecule has 0 radical (unpaired) electrons. The Balaban J connectivity index is 2.27. The monoisotopic (exact) mass is 366 g/mol. The predicted molar refractivity (Wildman–Crippen MR) is 81.8 cm³/mol. The Kier molecular flexibility index (Phi) is 5.05. The van der Waals surface area contributed by atoms with Crippen LogP contribution in [0.4, 0.5) is 0 Å². The Morgan fingerprint density at radius 3 is 2.74 bits per heavy atom. The maximum absolute atomic E-state index is 12.6. The van der Waals surface area contributed by atoms with Crippen LogP contribution in [0.2, 0.25) is 0 Å². The van der Waals surface area contributed by atoms with Crippen molar-refractivity contribution in [3.05, 3.63) is 15.9 Å². The highest BCUT2D eigenvalue weighted by Crippen LogP contribution is 2.34. The zero-order chi connectivity index (χ0) is 14.0. The molecule has 2 N–H and O–H groups in total. The first kappa shape index (κ1) is 15.4. The van der Waals surface area contributed by atoms with E-state index >= 15 is 0 Å². The summed E-state index contributed by atoms with van der Waals surface area (Å²) in [7, 11) is -1.74. The molecule has 0 bridgehead atoms. The Labute approximate surface area is 127 Å². The minimum absolute atomic E-state index is 0.0257. The van der Waals surface area contributed by atoms with Gasteiger partial charge < -0.3 is 5.73 Å². The standard InChI is InChI=1S/C12H19BrN2O2S2/c1-15(11-5-3-2-4-9(11)8-14)19(16,17)12-10(13)6-7-18-12/h6-7,9,11H,2-5,8,14H2,1H3. The average Bonchev–Trinajstić information content (AvgIpc) is 2.84. The summed E-state index contributed by atoms with van der Waals surface area (Å²) in [6.07, 6.45) is 4.15. The molecule has 0 spiro atoms. The average molecular weight is 367 g/mol. The first-order valence-electron chi connectivity index (χ1n) is 6.39. The number of nitrogens with zero attached hydrogens (tertiary/aromatic N) is 1. The van der Waals surface area contributed by atoms with Gasteiger partial charge in [0.15, 0.2) is 0 Å². The van der Waals surface area contributed by atoms with Crippen molar-refractivity contribution in [2.75, 3.05) is 13.6 Å². The van der Waals surface area contributed by atoms with Crippen molar-refractivity contribution in [1.82, 2.24) is 4.31 Å². The van der Waals surface area contributed by atoms with Gasteiger partial charge in [0, 0.05) is 17.6 Å². The lowest BCUT2D eigenvalue weighted by Gasteiger charge is -2.36. The van der Waals surface area contributed by atoms with Gasteiger partial charge in [0.2, 0.25) is 0 Å². The number of hydrogen-bond donors (Lipinski definition) is 1. The van der Waals surface area contributed by atoms with E-state index < -0.39 is 10.0 Å². The fourth-order valence-corrected chi connectivity index (χ4v) is 6.64. The van der Waals surface area contributed by atoms with Crippen LogP contribution in [-0.4, -0.2) is 32.4 Å². The van der Waals surface area contributed by atoms with E-state index in [1.165, 1.54) is 15.6 Å². The minimum Gasteiger partial charge on any atom is -0.330 e. The summed E-state index contributed by atoms with van der Waals surface area (Å²) in [4.78, 5) is 0. The van der Waals surface area contributed by atoms with Crippen LogP contribution in [-0.2, 0) is 10.0 Å². The van der Waals surface area contributed by atoms with Gasteiger partial charge in [0.05, 0.1) is 0 Å². The number of rotatable bonds is 4. The van der Waals surface area contributed by atoms with E-state index in [1.807, 2.05) is 0 Å². The lowest BCUT2D eigenvalue weighted by atomic mass is 9.85. The summed E-state index contributed by atoms with van der Waals surface area (Å²) >= 11 is 4.56. The first-order chi connectivity index (χ1) is 8.98. The van der Waals surface area contributed by atoms with E-state index in [1.54, 1.807) is 18.5 Å². The van der Waals surface area contributed by atoms with Gasteiger partial charge in [0.1, 0.15) is 4.21 Å². The van der Waals surface area contributed by atoms with Gasteiger partial charge in [-0.1, -0.05) is 12.8 Å². The number of hydrogen-bond acceptors (Lipinski definition) is 4. The Morgan fingerprint density at radius 2 is 2.16 bits per heavy atom. The maximum atomic E-state index is 12.6. The third-order valence-electron chi connectivity index (χ3n) is 3.84. The third kappa shape index (κ3) is 3.05. The quantitative estimate of drug-likeness (QED) is 0.890. The van der Waals surface area contributed by atoms with Gasteiger partial charge in [-0.15, -0.1) is 11.3 Å². The number of thiophene rings is 1. The van der Waals surface area contributed by atoms with Crippen molar-refractivity contribution in [1.29, 1.82) is 0 Å². The van der Waals surface area contributed by atoms with Crippen LogP contribution >= 0.6 is 27.3 Å². The summed E-state index contributed by atoms with van der Waals surface area (Å²) < 4.78 is 27.8. The van der Waals surface area contributed by atoms with Crippen molar-refractivity contribution in [3.8, 4) is 0 Å². The fourth-order valence-electron chi connectivity index (χ4n) is 2.71. The molecule has 108 valence electrons. The van der Waals surface area contributed by atoms with Crippen molar-refractivity contribution in [2.45, 2.75) is 35.9 Å². The van der Waals surface area contributed by atoms with Crippen LogP contribution < -0.4 is 5.73 Å². The minimum atomic E-state index is -3.42. The van der Waals surface area contributed by atoms with E-state index in [9.17, 15) is 8.42 Å². The Bertz CT molecular complexity index is 530. The second kappa shape index (κ2) is 6.22. The summed E-state index contributed by atoms with van der Waals surface area (Å²) in [5.41, 5.74) is 5.80. The predicted octanol–water partition coefficient (Wildman–Crippen LogP) is 2.65. The highest BCUT2D eigenvalue weighted by Gasteiger charge is 2.35. The molecule has 7 heteroatoms. The van der Waals surface area contributed by atoms with Gasteiger partial charge in [-0.2, -0.15) is 4.31 Å². The lowest BCUT2D eigenvalue weighted by Crippen LogP contribution is -2.45. The first-order valence-corrected chi connectivity index (χ1v) is 9.51. The van der Waals surface area contributed by atoms with Gasteiger partial charge in [-0.05, 0) is 52.7 Å². The molecule has 19 heavy (non-hydrogen) atoms. The molecule has 1 fully saturated rings. The molecule has 1 saturated carbocycles. The molecule has 2 rings (SSSR count). The topological polar surface area (TPSA) is 63.4 Å². The van der Waals surface area contributed by atoms with Crippen molar-refractivity contribution >= 4 is 37.3 Å². The maximum Gasteiger partial charge on any atom is 0.253 e. The summed E-state index contributed by atoms with van der Waals surface area (Å²) in [5, 5.41) is 1.78. The third-order valence-corrected chi connectivity index (χ3v) is 8.37. The number of nitrogens with two attached hydrogens (primary N) is 1. The molecular weight excluding hydrogens is 348 g/mol. The molecule has 1 aliphatic carbocycles.